The molecule has 0 bridgehead atoms. The molecule has 0 aromatic heterocycles. The Kier molecular flexibility index (Phi) is 10.8. The largest absolute Gasteiger partial charge is 0.495 e. The molecular weight excluding hydrogens is 455 g/mol. The number of hydrogen-bond acceptors (Lipinski definition) is 3. The number of aliphatic imine (C=N–C) groups is 1. The Hall–Kier alpha value is -1.77. The van der Waals surface area contributed by atoms with Crippen LogP contribution in [0.2, 0.25) is 0 Å². The Bertz CT molecular complexity index is 674. The van der Waals surface area contributed by atoms with E-state index in [0.717, 1.165) is 24.5 Å². The van der Waals surface area contributed by atoms with Crippen molar-refractivity contribution in [2.75, 3.05) is 26.0 Å². The van der Waals surface area contributed by atoms with Crippen molar-refractivity contribution in [3.8, 4) is 5.75 Å². The first kappa shape index (κ1) is 23.3. The van der Waals surface area contributed by atoms with Crippen molar-refractivity contribution in [3.05, 3.63) is 35.4 Å². The van der Waals surface area contributed by atoms with Crippen LogP contribution in [0.15, 0.2) is 34.8 Å². The third-order valence-electron chi connectivity index (χ3n) is 4.38. The fourth-order valence-corrected chi connectivity index (χ4v) is 3.03. The zero-order chi connectivity index (χ0) is 18.8. The summed E-state index contributed by atoms with van der Waals surface area (Å²) in [5.74, 6) is 1.30. The lowest BCUT2D eigenvalue weighted by Crippen LogP contribution is -2.37. The molecule has 0 saturated heterocycles. The first-order valence-electron chi connectivity index (χ1n) is 9.19. The maximum absolute atomic E-state index is 11.3. The number of rotatable bonds is 7. The summed E-state index contributed by atoms with van der Waals surface area (Å²) in [5, 5.41) is 9.46. The Labute approximate surface area is 179 Å². The molecule has 1 amide bonds. The highest BCUT2D eigenvalue weighted by Crippen LogP contribution is 2.25. The number of ether oxygens (including phenoxy) is 1. The Morgan fingerprint density at radius 3 is 2.70 bits per heavy atom. The number of methoxy groups -OCH3 is 1. The number of allylic oxidation sites excluding steroid dienone is 1. The number of anilines is 1. The average molecular weight is 486 g/mol. The standard InChI is InChI=1S/C20H30N4O2.HI/c1-15(25)24-18-13-17(9-10-19(18)26-3)14-23-20(21-2)22-12-11-16-7-5-4-6-8-16;/h7,9-10,13H,4-6,8,11-12,14H2,1-3H3,(H,24,25)(H2,21,22,23);1H. The van der Waals surface area contributed by atoms with E-state index in [1.54, 1.807) is 19.7 Å². The van der Waals surface area contributed by atoms with Gasteiger partial charge < -0.3 is 20.7 Å². The number of nitrogens with one attached hydrogen (secondary N) is 3. The summed E-state index contributed by atoms with van der Waals surface area (Å²) in [4.78, 5) is 15.6. The van der Waals surface area contributed by atoms with Gasteiger partial charge in [0.1, 0.15) is 5.75 Å². The van der Waals surface area contributed by atoms with Gasteiger partial charge in [-0.3, -0.25) is 9.79 Å². The second kappa shape index (κ2) is 12.6. The summed E-state index contributed by atoms with van der Waals surface area (Å²) in [6.45, 7) is 2.97. The predicted molar refractivity (Wildman–Crippen MR) is 122 cm³/mol. The van der Waals surface area contributed by atoms with Gasteiger partial charge in [0.2, 0.25) is 5.91 Å². The molecule has 2 rings (SSSR count). The SMILES string of the molecule is CN=C(NCCC1=CCCCC1)NCc1ccc(OC)c(NC(C)=O)c1.I. The van der Waals surface area contributed by atoms with Crippen LogP contribution in [0.4, 0.5) is 5.69 Å². The third-order valence-corrected chi connectivity index (χ3v) is 4.38. The van der Waals surface area contributed by atoms with Gasteiger partial charge in [-0.2, -0.15) is 0 Å². The van der Waals surface area contributed by atoms with Crippen LogP contribution in [0.3, 0.4) is 0 Å². The molecule has 27 heavy (non-hydrogen) atoms. The number of halogens is 1. The molecule has 0 unspecified atom stereocenters. The van der Waals surface area contributed by atoms with Gasteiger partial charge in [-0.15, -0.1) is 24.0 Å². The lowest BCUT2D eigenvalue weighted by molar-refractivity contribution is -0.114. The van der Waals surface area contributed by atoms with Crippen LogP contribution in [0.1, 0.15) is 44.6 Å². The minimum absolute atomic E-state index is 0. The van der Waals surface area contributed by atoms with Crippen molar-refractivity contribution >= 4 is 41.5 Å². The van der Waals surface area contributed by atoms with Gasteiger partial charge in [-0.05, 0) is 49.8 Å². The summed E-state index contributed by atoms with van der Waals surface area (Å²) >= 11 is 0. The first-order chi connectivity index (χ1) is 12.6. The predicted octanol–water partition coefficient (Wildman–Crippen LogP) is 3.83. The molecule has 0 saturated carbocycles. The van der Waals surface area contributed by atoms with Crippen molar-refractivity contribution in [2.24, 2.45) is 4.99 Å². The molecule has 7 heteroatoms. The molecule has 0 fully saturated rings. The molecule has 0 atom stereocenters. The maximum Gasteiger partial charge on any atom is 0.221 e. The Balaban J connectivity index is 0.00000364. The van der Waals surface area contributed by atoms with Gasteiger partial charge in [0.15, 0.2) is 5.96 Å². The lowest BCUT2D eigenvalue weighted by Gasteiger charge is -2.16. The van der Waals surface area contributed by atoms with E-state index >= 15 is 0 Å². The third kappa shape index (κ3) is 8.19. The molecule has 150 valence electrons. The molecule has 0 radical (unpaired) electrons. The molecule has 1 aromatic rings. The molecule has 0 aliphatic heterocycles. The van der Waals surface area contributed by atoms with Crippen LogP contribution in [-0.2, 0) is 11.3 Å². The van der Waals surface area contributed by atoms with Gasteiger partial charge in [0.05, 0.1) is 12.8 Å². The Morgan fingerprint density at radius 1 is 1.26 bits per heavy atom. The second-order valence-electron chi connectivity index (χ2n) is 6.43. The van der Waals surface area contributed by atoms with Gasteiger partial charge in [-0.25, -0.2) is 0 Å². The monoisotopic (exact) mass is 486 g/mol. The summed E-state index contributed by atoms with van der Waals surface area (Å²) in [7, 11) is 3.36. The molecular formula is C20H31IN4O2. The lowest BCUT2D eigenvalue weighted by atomic mass is 9.97. The van der Waals surface area contributed by atoms with Gasteiger partial charge in [0.25, 0.3) is 0 Å². The van der Waals surface area contributed by atoms with Gasteiger partial charge >= 0.3 is 0 Å². The summed E-state index contributed by atoms with van der Waals surface area (Å²) in [6.07, 6.45) is 8.52. The smallest absolute Gasteiger partial charge is 0.221 e. The Morgan fingerprint density at radius 2 is 2.07 bits per heavy atom. The van der Waals surface area contributed by atoms with Crippen LogP contribution in [0.25, 0.3) is 0 Å². The summed E-state index contributed by atoms with van der Waals surface area (Å²) < 4.78 is 5.28. The average Bonchev–Trinajstić information content (AvgIpc) is 2.65. The number of nitrogens with zero attached hydrogens (tertiary/aromatic N) is 1. The number of benzene rings is 1. The number of carbonyl (C=O) groups is 1. The van der Waals surface area contributed by atoms with Gasteiger partial charge in [-0.1, -0.05) is 17.7 Å². The maximum atomic E-state index is 11.3. The second-order valence-corrected chi connectivity index (χ2v) is 6.43. The fourth-order valence-electron chi connectivity index (χ4n) is 3.03. The highest BCUT2D eigenvalue weighted by molar-refractivity contribution is 14.0. The molecule has 0 heterocycles. The van der Waals surface area contributed by atoms with Crippen molar-refractivity contribution in [1.82, 2.24) is 10.6 Å². The number of guanidine groups is 1. The molecule has 0 spiro atoms. The van der Waals surface area contributed by atoms with E-state index < -0.39 is 0 Å². The minimum Gasteiger partial charge on any atom is -0.495 e. The van der Waals surface area contributed by atoms with Crippen LogP contribution < -0.4 is 20.7 Å². The van der Waals surface area contributed by atoms with Gasteiger partial charge in [0, 0.05) is 27.1 Å². The van der Waals surface area contributed by atoms with E-state index in [1.807, 2.05) is 18.2 Å². The molecule has 1 aliphatic carbocycles. The van der Waals surface area contributed by atoms with E-state index in [-0.39, 0.29) is 29.9 Å². The normalized spacial score (nSPS) is 13.9. The van der Waals surface area contributed by atoms with Crippen molar-refractivity contribution in [3.63, 3.8) is 0 Å². The van der Waals surface area contributed by atoms with Crippen LogP contribution in [0, 0.1) is 0 Å². The van der Waals surface area contributed by atoms with Crippen molar-refractivity contribution in [1.29, 1.82) is 0 Å². The first-order valence-corrected chi connectivity index (χ1v) is 9.19. The quantitative estimate of drug-likeness (QED) is 0.237. The van der Waals surface area contributed by atoms with Crippen LogP contribution in [0.5, 0.6) is 5.75 Å². The molecule has 3 N–H and O–H groups in total. The fraction of sp³-hybridized carbons (Fsp3) is 0.500. The zero-order valence-electron chi connectivity index (χ0n) is 16.4. The topological polar surface area (TPSA) is 74.8 Å². The zero-order valence-corrected chi connectivity index (χ0v) is 18.8. The van der Waals surface area contributed by atoms with E-state index in [2.05, 4.69) is 27.0 Å². The number of carbonyl (C=O) groups excluding carboxylic acids is 1. The number of amides is 1. The van der Waals surface area contributed by atoms with E-state index in [4.69, 9.17) is 4.74 Å². The highest BCUT2D eigenvalue weighted by atomic mass is 127. The van der Waals surface area contributed by atoms with Crippen LogP contribution in [-0.4, -0.2) is 32.6 Å². The van der Waals surface area contributed by atoms with E-state index in [9.17, 15) is 4.79 Å². The van der Waals surface area contributed by atoms with Crippen molar-refractivity contribution in [2.45, 2.75) is 45.6 Å². The minimum atomic E-state index is -0.122. The van der Waals surface area contributed by atoms with E-state index in [1.165, 1.54) is 32.6 Å². The van der Waals surface area contributed by atoms with Crippen molar-refractivity contribution < 1.29 is 9.53 Å². The summed E-state index contributed by atoms with van der Waals surface area (Å²) in [6, 6.07) is 5.73. The number of hydrogen-bond donors (Lipinski definition) is 3. The molecule has 1 aliphatic rings. The van der Waals surface area contributed by atoms with Crippen LogP contribution >= 0.6 is 24.0 Å². The van der Waals surface area contributed by atoms with E-state index in [0.29, 0.717) is 18.0 Å². The molecule has 6 nitrogen and oxygen atoms in total. The highest BCUT2D eigenvalue weighted by Gasteiger charge is 2.07. The molecule has 1 aromatic carbocycles. The summed E-state index contributed by atoms with van der Waals surface area (Å²) in [5.41, 5.74) is 3.26.